The molecule has 5 heteroatoms. The molecule has 1 aromatic heterocycles. The number of hydrogen-bond acceptors (Lipinski definition) is 4. The van der Waals surface area contributed by atoms with E-state index in [9.17, 15) is 0 Å². The summed E-state index contributed by atoms with van der Waals surface area (Å²) in [5.41, 5.74) is 2.15. The van der Waals surface area contributed by atoms with E-state index in [2.05, 4.69) is 4.98 Å². The summed E-state index contributed by atoms with van der Waals surface area (Å²) in [6.07, 6.45) is 3.15. The number of nitrogens with zero attached hydrogens (tertiary/aromatic N) is 1. The Bertz CT molecular complexity index is 527. The van der Waals surface area contributed by atoms with Crippen molar-refractivity contribution in [3.8, 4) is 5.75 Å². The van der Waals surface area contributed by atoms with Gasteiger partial charge in [0.2, 0.25) is 0 Å². The van der Waals surface area contributed by atoms with Crippen molar-refractivity contribution in [1.82, 2.24) is 4.98 Å². The van der Waals surface area contributed by atoms with Crippen LogP contribution in [0.1, 0.15) is 29.1 Å². The third-order valence-corrected chi connectivity index (χ3v) is 4.32. The van der Waals surface area contributed by atoms with Crippen LogP contribution in [0.3, 0.4) is 0 Å². The summed E-state index contributed by atoms with van der Waals surface area (Å²) in [7, 11) is 1.67. The highest BCUT2D eigenvalue weighted by atomic mass is 35.5. The summed E-state index contributed by atoms with van der Waals surface area (Å²) >= 11 is 7.43. The van der Waals surface area contributed by atoms with Crippen LogP contribution in [0.2, 0.25) is 0 Å². The second-order valence-electron chi connectivity index (χ2n) is 4.72. The maximum atomic E-state index is 5.74. The highest BCUT2D eigenvalue weighted by Gasteiger charge is 2.01. The second kappa shape index (κ2) is 9.03. The molecule has 21 heavy (non-hydrogen) atoms. The number of ether oxygens (including phenoxy) is 2. The lowest BCUT2D eigenvalue weighted by Gasteiger charge is -2.05. The molecule has 0 fully saturated rings. The van der Waals surface area contributed by atoms with Crippen LogP contribution >= 0.6 is 22.9 Å². The number of rotatable bonds is 9. The molecule has 114 valence electrons. The normalized spacial score (nSPS) is 10.8. The Balaban J connectivity index is 1.57. The minimum atomic E-state index is 0.501. The molecule has 0 aliphatic carbocycles. The van der Waals surface area contributed by atoms with E-state index >= 15 is 0 Å². The number of aromatic nitrogens is 1. The Hall–Kier alpha value is -1.10. The lowest BCUT2D eigenvalue weighted by Crippen LogP contribution is -1.97. The van der Waals surface area contributed by atoms with E-state index < -0.39 is 0 Å². The molecule has 2 rings (SSSR count). The van der Waals surface area contributed by atoms with Gasteiger partial charge in [-0.15, -0.1) is 22.9 Å². The van der Waals surface area contributed by atoms with E-state index in [4.69, 9.17) is 21.1 Å². The van der Waals surface area contributed by atoms with Gasteiger partial charge in [-0.3, -0.25) is 0 Å². The molecular weight excluding hydrogens is 306 g/mol. The van der Waals surface area contributed by atoms with Gasteiger partial charge in [0.1, 0.15) is 5.75 Å². The Morgan fingerprint density at radius 2 is 2.00 bits per heavy atom. The SMILES string of the molecule is COc1ccc(COCCCCc2nc(CCl)cs2)cc1. The number of thiazole rings is 1. The smallest absolute Gasteiger partial charge is 0.118 e. The molecule has 0 saturated heterocycles. The lowest BCUT2D eigenvalue weighted by atomic mass is 10.2. The van der Waals surface area contributed by atoms with Crippen LogP contribution in [0.4, 0.5) is 0 Å². The molecule has 1 heterocycles. The molecule has 0 amide bonds. The van der Waals surface area contributed by atoms with Gasteiger partial charge in [-0.25, -0.2) is 4.98 Å². The average molecular weight is 326 g/mol. The van der Waals surface area contributed by atoms with E-state index in [1.807, 2.05) is 29.6 Å². The molecule has 0 saturated carbocycles. The zero-order valence-electron chi connectivity index (χ0n) is 12.2. The van der Waals surface area contributed by atoms with Crippen molar-refractivity contribution in [3.05, 3.63) is 45.9 Å². The standard InChI is InChI=1S/C16H20ClNO2S/c1-19-15-7-5-13(6-8-15)11-20-9-3-2-4-16-18-14(10-17)12-21-16/h5-8,12H,2-4,9-11H2,1H3. The third-order valence-electron chi connectivity index (χ3n) is 3.09. The molecule has 0 spiro atoms. The van der Waals surface area contributed by atoms with Gasteiger partial charge in [0, 0.05) is 12.0 Å². The molecule has 2 aromatic rings. The summed E-state index contributed by atoms with van der Waals surface area (Å²) in [5, 5.41) is 3.20. The van der Waals surface area contributed by atoms with Gasteiger partial charge in [0.05, 0.1) is 30.3 Å². The van der Waals surface area contributed by atoms with Crippen LogP contribution in [-0.4, -0.2) is 18.7 Å². The van der Waals surface area contributed by atoms with Crippen molar-refractivity contribution in [1.29, 1.82) is 0 Å². The fraction of sp³-hybridized carbons (Fsp3) is 0.438. The van der Waals surface area contributed by atoms with Crippen LogP contribution in [0.15, 0.2) is 29.6 Å². The van der Waals surface area contributed by atoms with Gasteiger partial charge >= 0.3 is 0 Å². The second-order valence-corrected chi connectivity index (χ2v) is 5.93. The molecule has 0 bridgehead atoms. The first kappa shape index (κ1) is 16.3. The molecular formula is C16H20ClNO2S. The number of alkyl halides is 1. The molecule has 0 atom stereocenters. The van der Waals surface area contributed by atoms with Gasteiger partial charge in [0.25, 0.3) is 0 Å². The van der Waals surface area contributed by atoms with Gasteiger partial charge < -0.3 is 9.47 Å². The molecule has 0 radical (unpaired) electrons. The predicted octanol–water partition coefficient (Wildman–Crippen LogP) is 4.43. The summed E-state index contributed by atoms with van der Waals surface area (Å²) in [5.74, 6) is 1.38. The van der Waals surface area contributed by atoms with Crippen molar-refractivity contribution >= 4 is 22.9 Å². The van der Waals surface area contributed by atoms with Crippen LogP contribution in [-0.2, 0) is 23.6 Å². The topological polar surface area (TPSA) is 31.4 Å². The fourth-order valence-electron chi connectivity index (χ4n) is 1.92. The summed E-state index contributed by atoms with van der Waals surface area (Å²) in [6.45, 7) is 1.43. The quantitative estimate of drug-likeness (QED) is 0.505. The van der Waals surface area contributed by atoms with Crippen molar-refractivity contribution in [2.75, 3.05) is 13.7 Å². The van der Waals surface area contributed by atoms with Gasteiger partial charge in [-0.1, -0.05) is 12.1 Å². The van der Waals surface area contributed by atoms with Crippen LogP contribution in [0.5, 0.6) is 5.75 Å². The highest BCUT2D eigenvalue weighted by molar-refractivity contribution is 7.09. The Morgan fingerprint density at radius 3 is 2.67 bits per heavy atom. The first-order valence-electron chi connectivity index (χ1n) is 7.01. The number of benzene rings is 1. The Kier molecular flexibility index (Phi) is 7.00. The highest BCUT2D eigenvalue weighted by Crippen LogP contribution is 2.15. The molecule has 3 nitrogen and oxygen atoms in total. The van der Waals surface area contributed by atoms with Crippen LogP contribution in [0.25, 0.3) is 0 Å². The first-order valence-corrected chi connectivity index (χ1v) is 8.43. The van der Waals surface area contributed by atoms with E-state index in [0.29, 0.717) is 12.5 Å². The van der Waals surface area contributed by atoms with Crippen molar-refractivity contribution in [2.24, 2.45) is 0 Å². The summed E-state index contributed by atoms with van der Waals surface area (Å²) in [6, 6.07) is 7.97. The average Bonchev–Trinajstić information content (AvgIpc) is 2.99. The number of aryl methyl sites for hydroxylation is 1. The molecule has 0 aliphatic heterocycles. The van der Waals surface area contributed by atoms with E-state index in [-0.39, 0.29) is 0 Å². The first-order chi connectivity index (χ1) is 10.3. The predicted molar refractivity (Wildman–Crippen MR) is 87.3 cm³/mol. The minimum absolute atomic E-state index is 0.501. The van der Waals surface area contributed by atoms with Crippen molar-refractivity contribution < 1.29 is 9.47 Å². The van der Waals surface area contributed by atoms with E-state index in [1.165, 1.54) is 10.6 Å². The van der Waals surface area contributed by atoms with E-state index in [1.54, 1.807) is 18.4 Å². The molecule has 0 N–H and O–H groups in total. The largest absolute Gasteiger partial charge is 0.497 e. The van der Waals surface area contributed by atoms with Crippen molar-refractivity contribution in [3.63, 3.8) is 0 Å². The molecule has 0 unspecified atom stereocenters. The monoisotopic (exact) mass is 325 g/mol. The maximum absolute atomic E-state index is 5.74. The third kappa shape index (κ3) is 5.65. The molecule has 1 aromatic carbocycles. The van der Waals surface area contributed by atoms with Gasteiger partial charge in [0.15, 0.2) is 0 Å². The zero-order chi connectivity index (χ0) is 14.9. The summed E-state index contributed by atoms with van der Waals surface area (Å²) in [4.78, 5) is 4.44. The zero-order valence-corrected chi connectivity index (χ0v) is 13.8. The number of unbranched alkanes of at least 4 members (excludes halogenated alkanes) is 1. The van der Waals surface area contributed by atoms with Crippen molar-refractivity contribution in [2.45, 2.75) is 31.7 Å². The number of methoxy groups -OCH3 is 1. The Labute approximate surface area is 134 Å². The van der Waals surface area contributed by atoms with Crippen LogP contribution < -0.4 is 4.74 Å². The lowest BCUT2D eigenvalue weighted by molar-refractivity contribution is 0.117. The van der Waals surface area contributed by atoms with Gasteiger partial charge in [-0.05, 0) is 37.0 Å². The fourth-order valence-corrected chi connectivity index (χ4v) is 2.99. The van der Waals surface area contributed by atoms with Crippen LogP contribution in [0, 0.1) is 0 Å². The Morgan fingerprint density at radius 1 is 1.19 bits per heavy atom. The molecule has 0 aliphatic rings. The number of halogens is 1. The van der Waals surface area contributed by atoms with Gasteiger partial charge in [-0.2, -0.15) is 0 Å². The maximum Gasteiger partial charge on any atom is 0.118 e. The number of hydrogen-bond donors (Lipinski definition) is 0. The summed E-state index contributed by atoms with van der Waals surface area (Å²) < 4.78 is 10.8. The minimum Gasteiger partial charge on any atom is -0.497 e. The van der Waals surface area contributed by atoms with E-state index in [0.717, 1.165) is 37.3 Å².